The summed E-state index contributed by atoms with van der Waals surface area (Å²) in [4.78, 5) is 19.5. The summed E-state index contributed by atoms with van der Waals surface area (Å²) in [6, 6.07) is 8.59. The Morgan fingerprint density at radius 3 is 2.82 bits per heavy atom. The Bertz CT molecular complexity index is 845. The van der Waals surface area contributed by atoms with Gasteiger partial charge < -0.3 is 9.72 Å². The molecule has 0 aliphatic heterocycles. The maximum absolute atomic E-state index is 12.4. The Labute approximate surface area is 137 Å². The quantitative estimate of drug-likeness (QED) is 0.700. The molecule has 2 heterocycles. The molecule has 0 saturated heterocycles. The minimum absolute atomic E-state index is 0.412. The van der Waals surface area contributed by atoms with Gasteiger partial charge in [-0.25, -0.2) is 9.78 Å². The van der Waals surface area contributed by atoms with Crippen molar-refractivity contribution in [2.24, 2.45) is 0 Å². The van der Waals surface area contributed by atoms with Crippen molar-refractivity contribution in [1.29, 1.82) is 0 Å². The smallest absolute Gasteiger partial charge is 0.339 e. The predicted octanol–water partition coefficient (Wildman–Crippen LogP) is 4.79. The zero-order valence-electron chi connectivity index (χ0n) is 11.6. The first kappa shape index (κ1) is 14.9. The number of benzene rings is 1. The molecule has 0 amide bonds. The number of hydrogen-bond acceptors (Lipinski definition) is 3. The number of aromatic amines is 1. The van der Waals surface area contributed by atoms with E-state index in [-0.39, 0.29) is 0 Å². The first-order valence-corrected chi connectivity index (χ1v) is 7.40. The van der Waals surface area contributed by atoms with Gasteiger partial charge >= 0.3 is 5.97 Å². The number of esters is 1. The van der Waals surface area contributed by atoms with Gasteiger partial charge in [0.25, 0.3) is 0 Å². The fourth-order valence-corrected chi connectivity index (χ4v) is 2.50. The normalized spacial score (nSPS) is 12.3. The summed E-state index contributed by atoms with van der Waals surface area (Å²) < 4.78 is 5.51. The Balaban J connectivity index is 1.84. The van der Waals surface area contributed by atoms with E-state index in [4.69, 9.17) is 27.9 Å². The molecule has 112 valence electrons. The first-order valence-electron chi connectivity index (χ1n) is 6.64. The second-order valence-electron chi connectivity index (χ2n) is 4.82. The van der Waals surface area contributed by atoms with Crippen LogP contribution in [0.2, 0.25) is 10.0 Å². The molecule has 3 rings (SSSR count). The molecule has 1 aromatic carbocycles. The number of nitrogens with one attached hydrogen (secondary N) is 1. The molecule has 1 N–H and O–H groups in total. The zero-order chi connectivity index (χ0) is 15.7. The highest BCUT2D eigenvalue weighted by Crippen LogP contribution is 2.28. The summed E-state index contributed by atoms with van der Waals surface area (Å²) in [6.07, 6.45) is 2.86. The van der Waals surface area contributed by atoms with Crippen molar-refractivity contribution < 1.29 is 9.53 Å². The molecule has 0 bridgehead atoms. The maximum Gasteiger partial charge on any atom is 0.339 e. The number of carbonyl (C=O) groups excluding carboxylic acids is 1. The molecule has 6 heteroatoms. The van der Waals surface area contributed by atoms with E-state index in [1.165, 1.54) is 0 Å². The first-order chi connectivity index (χ1) is 10.6. The highest BCUT2D eigenvalue weighted by atomic mass is 35.5. The van der Waals surface area contributed by atoms with E-state index in [0.29, 0.717) is 21.3 Å². The second-order valence-corrected chi connectivity index (χ2v) is 5.63. The van der Waals surface area contributed by atoms with Crippen LogP contribution in [0, 0.1) is 0 Å². The van der Waals surface area contributed by atoms with Gasteiger partial charge in [-0.2, -0.15) is 0 Å². The Morgan fingerprint density at radius 1 is 1.23 bits per heavy atom. The van der Waals surface area contributed by atoms with Crippen molar-refractivity contribution in [3.8, 4) is 0 Å². The number of fused-ring (bicyclic) bond motifs is 1. The molecule has 2 aromatic heterocycles. The van der Waals surface area contributed by atoms with Crippen molar-refractivity contribution in [1.82, 2.24) is 9.97 Å². The summed E-state index contributed by atoms with van der Waals surface area (Å²) in [5, 5.41) is 1.62. The summed E-state index contributed by atoms with van der Waals surface area (Å²) >= 11 is 11.9. The molecule has 0 radical (unpaired) electrons. The number of H-pyrrole nitrogens is 1. The standard InChI is InChI=1S/C16H12Cl2N2O2/c1-9(10-2-3-13(17)14(18)8-10)22-16(21)12-5-7-20-15-11(12)4-6-19-15/h2-9H,1H3,(H,19,20). The zero-order valence-corrected chi connectivity index (χ0v) is 13.2. The molecule has 1 atom stereocenters. The lowest BCUT2D eigenvalue weighted by Gasteiger charge is -2.14. The largest absolute Gasteiger partial charge is 0.454 e. The lowest BCUT2D eigenvalue weighted by Crippen LogP contribution is -2.09. The third-order valence-corrected chi connectivity index (χ3v) is 4.12. The van der Waals surface area contributed by atoms with Crippen LogP contribution in [0.5, 0.6) is 0 Å². The van der Waals surface area contributed by atoms with Gasteiger partial charge in [-0.15, -0.1) is 0 Å². The van der Waals surface area contributed by atoms with Crippen molar-refractivity contribution in [2.45, 2.75) is 13.0 Å². The molecule has 0 spiro atoms. The van der Waals surface area contributed by atoms with E-state index >= 15 is 0 Å². The Kier molecular flexibility index (Phi) is 4.05. The number of halogens is 2. The minimum atomic E-state index is -0.440. The van der Waals surface area contributed by atoms with E-state index < -0.39 is 12.1 Å². The predicted molar refractivity (Wildman–Crippen MR) is 86.4 cm³/mol. The van der Waals surface area contributed by atoms with Gasteiger partial charge in [0.1, 0.15) is 11.8 Å². The number of ether oxygens (including phenoxy) is 1. The molecule has 0 fully saturated rings. The molecule has 4 nitrogen and oxygen atoms in total. The molecular weight excluding hydrogens is 323 g/mol. The third kappa shape index (κ3) is 2.80. The highest BCUT2D eigenvalue weighted by Gasteiger charge is 2.17. The molecule has 1 unspecified atom stereocenters. The van der Waals surface area contributed by atoms with Crippen molar-refractivity contribution in [3.05, 3.63) is 63.9 Å². The number of pyridine rings is 1. The number of nitrogens with zero attached hydrogens (tertiary/aromatic N) is 1. The van der Waals surface area contributed by atoms with Gasteiger partial charge in [0, 0.05) is 17.8 Å². The van der Waals surface area contributed by atoms with Gasteiger partial charge in [-0.3, -0.25) is 0 Å². The fraction of sp³-hybridized carbons (Fsp3) is 0.125. The molecular formula is C16H12Cl2N2O2. The van der Waals surface area contributed by atoms with E-state index in [1.54, 1.807) is 49.6 Å². The average molecular weight is 335 g/mol. The molecule has 0 aliphatic carbocycles. The maximum atomic E-state index is 12.4. The minimum Gasteiger partial charge on any atom is -0.454 e. The highest BCUT2D eigenvalue weighted by molar-refractivity contribution is 6.42. The summed E-state index contributed by atoms with van der Waals surface area (Å²) in [5.74, 6) is -0.412. The van der Waals surface area contributed by atoms with Crippen LogP contribution in [-0.4, -0.2) is 15.9 Å². The van der Waals surface area contributed by atoms with Gasteiger partial charge in [-0.1, -0.05) is 29.3 Å². The van der Waals surface area contributed by atoms with Gasteiger partial charge in [0.2, 0.25) is 0 Å². The monoisotopic (exact) mass is 334 g/mol. The number of aromatic nitrogens is 2. The average Bonchev–Trinajstić information content (AvgIpc) is 2.98. The summed E-state index contributed by atoms with van der Waals surface area (Å²) in [6.45, 7) is 1.78. The van der Waals surface area contributed by atoms with Crippen LogP contribution in [0.15, 0.2) is 42.7 Å². The van der Waals surface area contributed by atoms with Gasteiger partial charge in [0.15, 0.2) is 0 Å². The van der Waals surface area contributed by atoms with Crippen LogP contribution in [0.3, 0.4) is 0 Å². The van der Waals surface area contributed by atoms with Gasteiger partial charge in [-0.05, 0) is 36.8 Å². The number of hydrogen-bond donors (Lipinski definition) is 1. The van der Waals surface area contributed by atoms with Crippen molar-refractivity contribution in [2.75, 3.05) is 0 Å². The summed E-state index contributed by atoms with van der Waals surface area (Å²) in [5.41, 5.74) is 1.90. The summed E-state index contributed by atoms with van der Waals surface area (Å²) in [7, 11) is 0. The molecule has 0 saturated carbocycles. The van der Waals surface area contributed by atoms with Crippen LogP contribution in [0.1, 0.15) is 28.9 Å². The van der Waals surface area contributed by atoms with Crippen LogP contribution in [0.25, 0.3) is 11.0 Å². The van der Waals surface area contributed by atoms with Crippen molar-refractivity contribution >= 4 is 40.2 Å². The second kappa shape index (κ2) is 5.99. The lowest BCUT2D eigenvalue weighted by molar-refractivity contribution is 0.0340. The SMILES string of the molecule is CC(OC(=O)c1ccnc2[nH]ccc12)c1ccc(Cl)c(Cl)c1. The van der Waals surface area contributed by atoms with E-state index in [9.17, 15) is 4.79 Å². The Hall–Kier alpha value is -2.04. The molecule has 22 heavy (non-hydrogen) atoms. The number of rotatable bonds is 3. The Morgan fingerprint density at radius 2 is 2.05 bits per heavy atom. The lowest BCUT2D eigenvalue weighted by atomic mass is 10.1. The van der Waals surface area contributed by atoms with Crippen LogP contribution >= 0.6 is 23.2 Å². The molecule has 3 aromatic rings. The van der Waals surface area contributed by atoms with Crippen LogP contribution in [-0.2, 0) is 4.74 Å². The number of carbonyl (C=O) groups is 1. The van der Waals surface area contributed by atoms with E-state index in [2.05, 4.69) is 9.97 Å². The third-order valence-electron chi connectivity index (χ3n) is 3.38. The topological polar surface area (TPSA) is 55.0 Å². The molecule has 0 aliphatic rings. The van der Waals surface area contributed by atoms with Crippen LogP contribution < -0.4 is 0 Å². The fourth-order valence-electron chi connectivity index (χ4n) is 2.20. The van der Waals surface area contributed by atoms with E-state index in [0.717, 1.165) is 10.9 Å². The van der Waals surface area contributed by atoms with Crippen LogP contribution in [0.4, 0.5) is 0 Å². The van der Waals surface area contributed by atoms with Crippen molar-refractivity contribution in [3.63, 3.8) is 0 Å². The van der Waals surface area contributed by atoms with E-state index in [1.807, 2.05) is 0 Å². The van der Waals surface area contributed by atoms with Gasteiger partial charge in [0.05, 0.1) is 15.6 Å².